The topological polar surface area (TPSA) is 49.7 Å². The summed E-state index contributed by atoms with van der Waals surface area (Å²) in [5.41, 5.74) is 2.73. The molecule has 1 aromatic heterocycles. The van der Waals surface area contributed by atoms with Crippen LogP contribution in [0.25, 0.3) is 16.6 Å². The van der Waals surface area contributed by atoms with E-state index >= 15 is 0 Å². The molecule has 0 unspecified atom stereocenters. The molecule has 0 bridgehead atoms. The number of rotatable bonds is 8. The number of fused-ring (bicyclic) bond motifs is 1. The number of carbonyl (C=O) groups excluding carboxylic acids is 1. The maximum absolute atomic E-state index is 12.3. The number of carbonyl (C=O) groups is 1. The van der Waals surface area contributed by atoms with Crippen LogP contribution in [0.5, 0.6) is 17.2 Å². The number of esters is 1. The fraction of sp³-hybridized carbons (Fsp3) is 0.222. The van der Waals surface area contributed by atoms with Crippen LogP contribution in [0.4, 0.5) is 0 Å². The number of hydrogen-bond donors (Lipinski definition) is 0. The van der Waals surface area contributed by atoms with Gasteiger partial charge in [0.2, 0.25) is 0 Å². The van der Waals surface area contributed by atoms with E-state index in [4.69, 9.17) is 25.8 Å². The molecule has 1 heterocycles. The quantitative estimate of drug-likeness (QED) is 0.265. The van der Waals surface area contributed by atoms with E-state index in [-0.39, 0.29) is 18.5 Å². The van der Waals surface area contributed by atoms with Gasteiger partial charge in [-0.2, -0.15) is 0 Å². The SMILES string of the molecule is CCOC(=O)Cc1cc2cc(Oc3cccc(Cl)c3)ccc2n1-c1ccc(OC(C)C)cc1. The molecule has 3 aromatic carbocycles. The van der Waals surface area contributed by atoms with Crippen LogP contribution in [0.2, 0.25) is 5.02 Å². The maximum Gasteiger partial charge on any atom is 0.311 e. The van der Waals surface area contributed by atoms with E-state index in [0.29, 0.717) is 23.1 Å². The molecular formula is C27H26ClNO4. The van der Waals surface area contributed by atoms with E-state index in [1.165, 1.54) is 0 Å². The fourth-order valence-corrected chi connectivity index (χ4v) is 3.90. The molecule has 0 saturated carbocycles. The van der Waals surface area contributed by atoms with Crippen molar-refractivity contribution in [2.45, 2.75) is 33.3 Å². The third-order valence-corrected chi connectivity index (χ3v) is 5.21. The van der Waals surface area contributed by atoms with Gasteiger partial charge in [0.1, 0.15) is 17.2 Å². The van der Waals surface area contributed by atoms with E-state index < -0.39 is 0 Å². The molecule has 0 N–H and O–H groups in total. The van der Waals surface area contributed by atoms with Gasteiger partial charge in [-0.3, -0.25) is 4.79 Å². The first-order valence-electron chi connectivity index (χ1n) is 10.9. The summed E-state index contributed by atoms with van der Waals surface area (Å²) in [7, 11) is 0. The van der Waals surface area contributed by atoms with Crippen LogP contribution in [-0.4, -0.2) is 23.2 Å². The second kappa shape index (κ2) is 10.0. The summed E-state index contributed by atoms with van der Waals surface area (Å²) in [6.07, 6.45) is 0.262. The van der Waals surface area contributed by atoms with Crippen LogP contribution < -0.4 is 9.47 Å². The highest BCUT2D eigenvalue weighted by Gasteiger charge is 2.16. The largest absolute Gasteiger partial charge is 0.491 e. The summed E-state index contributed by atoms with van der Waals surface area (Å²) in [5, 5.41) is 1.57. The zero-order chi connectivity index (χ0) is 23.4. The average molecular weight is 464 g/mol. The molecule has 6 heteroatoms. The normalized spacial score (nSPS) is 11.1. The number of hydrogen-bond acceptors (Lipinski definition) is 4. The van der Waals surface area contributed by atoms with Gasteiger partial charge in [-0.1, -0.05) is 17.7 Å². The molecule has 0 aliphatic rings. The molecule has 4 rings (SSSR count). The molecule has 33 heavy (non-hydrogen) atoms. The smallest absolute Gasteiger partial charge is 0.311 e. The Morgan fingerprint density at radius 3 is 2.36 bits per heavy atom. The zero-order valence-electron chi connectivity index (χ0n) is 18.9. The Labute approximate surface area is 198 Å². The molecule has 170 valence electrons. The van der Waals surface area contributed by atoms with Crippen molar-refractivity contribution in [1.82, 2.24) is 4.57 Å². The van der Waals surface area contributed by atoms with Crippen LogP contribution >= 0.6 is 11.6 Å². The number of nitrogens with zero attached hydrogens (tertiary/aromatic N) is 1. The predicted molar refractivity (Wildman–Crippen MR) is 131 cm³/mol. The van der Waals surface area contributed by atoms with Gasteiger partial charge in [-0.15, -0.1) is 0 Å². The number of halogens is 1. The Bertz CT molecular complexity index is 1260. The predicted octanol–water partition coefficient (Wildman–Crippen LogP) is 6.97. The minimum Gasteiger partial charge on any atom is -0.491 e. The lowest BCUT2D eigenvalue weighted by atomic mass is 10.2. The summed E-state index contributed by atoms with van der Waals surface area (Å²) >= 11 is 6.07. The van der Waals surface area contributed by atoms with Gasteiger partial charge in [-0.25, -0.2) is 0 Å². The summed E-state index contributed by atoms with van der Waals surface area (Å²) in [6, 6.07) is 23.0. The first-order chi connectivity index (χ1) is 15.9. The summed E-state index contributed by atoms with van der Waals surface area (Å²) < 4.78 is 19.0. The Kier molecular flexibility index (Phi) is 6.90. The second-order valence-corrected chi connectivity index (χ2v) is 8.33. The van der Waals surface area contributed by atoms with Crippen molar-refractivity contribution in [3.8, 4) is 22.9 Å². The first kappa shape index (κ1) is 22.7. The van der Waals surface area contributed by atoms with Crippen molar-refractivity contribution in [1.29, 1.82) is 0 Å². The summed E-state index contributed by atoms with van der Waals surface area (Å²) in [6.45, 7) is 6.14. The highest BCUT2D eigenvalue weighted by atomic mass is 35.5. The number of aromatic nitrogens is 1. The molecule has 0 amide bonds. The molecule has 0 atom stereocenters. The summed E-state index contributed by atoms with van der Waals surface area (Å²) in [4.78, 5) is 12.3. The molecule has 5 nitrogen and oxygen atoms in total. The van der Waals surface area contributed by atoms with Gasteiger partial charge in [0.05, 0.1) is 24.6 Å². The molecule has 4 aromatic rings. The van der Waals surface area contributed by atoms with Crippen molar-refractivity contribution >= 4 is 28.5 Å². The minimum atomic E-state index is -0.267. The second-order valence-electron chi connectivity index (χ2n) is 7.89. The van der Waals surface area contributed by atoms with Gasteiger partial charge in [0.25, 0.3) is 0 Å². The number of ether oxygens (including phenoxy) is 3. The Balaban J connectivity index is 1.73. The van der Waals surface area contributed by atoms with Crippen LogP contribution in [0.3, 0.4) is 0 Å². The first-order valence-corrected chi connectivity index (χ1v) is 11.3. The standard InChI is InChI=1S/C27H26ClNO4/c1-4-31-27(30)17-22-14-19-15-25(33-24-7-5-6-20(28)16-24)12-13-26(19)29(22)21-8-10-23(11-9-21)32-18(2)3/h5-16,18H,4,17H2,1-3H3. The van der Waals surface area contributed by atoms with Crippen molar-refractivity contribution in [2.75, 3.05) is 6.61 Å². The molecule has 0 aliphatic heterocycles. The van der Waals surface area contributed by atoms with Crippen molar-refractivity contribution in [3.05, 3.63) is 83.5 Å². The number of benzene rings is 3. The van der Waals surface area contributed by atoms with Crippen molar-refractivity contribution in [3.63, 3.8) is 0 Å². The van der Waals surface area contributed by atoms with Crippen molar-refractivity contribution < 1.29 is 19.0 Å². The lowest BCUT2D eigenvalue weighted by Gasteiger charge is -2.14. The van der Waals surface area contributed by atoms with Crippen molar-refractivity contribution in [2.24, 2.45) is 0 Å². The van der Waals surface area contributed by atoms with E-state index in [1.54, 1.807) is 19.1 Å². The third-order valence-electron chi connectivity index (χ3n) is 4.98. The molecule has 0 saturated heterocycles. The van der Waals surface area contributed by atoms with Gasteiger partial charge in [0.15, 0.2) is 0 Å². The fourth-order valence-electron chi connectivity index (χ4n) is 3.72. The van der Waals surface area contributed by atoms with Crippen LogP contribution in [-0.2, 0) is 16.0 Å². The van der Waals surface area contributed by atoms with E-state index in [1.807, 2.05) is 74.5 Å². The average Bonchev–Trinajstić information content (AvgIpc) is 3.11. The summed E-state index contributed by atoms with van der Waals surface area (Å²) in [5.74, 6) is 1.88. The molecule has 0 aliphatic carbocycles. The minimum absolute atomic E-state index is 0.0977. The van der Waals surface area contributed by atoms with E-state index in [9.17, 15) is 4.79 Å². The third kappa shape index (κ3) is 5.49. The maximum atomic E-state index is 12.3. The lowest BCUT2D eigenvalue weighted by molar-refractivity contribution is -0.142. The Morgan fingerprint density at radius 2 is 1.67 bits per heavy atom. The molecule has 0 spiro atoms. The molecular weight excluding hydrogens is 438 g/mol. The van der Waals surface area contributed by atoms with Gasteiger partial charge < -0.3 is 18.8 Å². The van der Waals surface area contributed by atoms with E-state index in [0.717, 1.165) is 28.0 Å². The van der Waals surface area contributed by atoms with Gasteiger partial charge in [-0.05, 0) is 87.5 Å². The van der Waals surface area contributed by atoms with Crippen LogP contribution in [0.15, 0.2) is 72.8 Å². The Hall–Kier alpha value is -3.44. The van der Waals surface area contributed by atoms with Gasteiger partial charge >= 0.3 is 5.97 Å². The monoisotopic (exact) mass is 463 g/mol. The Morgan fingerprint density at radius 1 is 0.939 bits per heavy atom. The van der Waals surface area contributed by atoms with Crippen LogP contribution in [0.1, 0.15) is 26.5 Å². The molecule has 0 fully saturated rings. The highest BCUT2D eigenvalue weighted by Crippen LogP contribution is 2.31. The lowest BCUT2D eigenvalue weighted by Crippen LogP contribution is -2.11. The zero-order valence-corrected chi connectivity index (χ0v) is 19.6. The molecule has 0 radical (unpaired) electrons. The highest BCUT2D eigenvalue weighted by molar-refractivity contribution is 6.30. The van der Waals surface area contributed by atoms with Crippen LogP contribution in [0, 0.1) is 0 Å². The van der Waals surface area contributed by atoms with Gasteiger partial charge in [0, 0.05) is 21.8 Å². The van der Waals surface area contributed by atoms with E-state index in [2.05, 4.69) is 4.57 Å².